The Kier molecular flexibility index (Phi) is 2.85. The molecule has 0 aromatic rings. The molecule has 6 nitrogen and oxygen atoms in total. The van der Waals surface area contributed by atoms with E-state index < -0.39 is 15.7 Å². The lowest BCUT2D eigenvalue weighted by molar-refractivity contribution is -0.131. The van der Waals surface area contributed by atoms with Crippen molar-refractivity contribution >= 4 is 16.1 Å². The molecule has 0 aromatic carbocycles. The number of ketones is 1. The van der Waals surface area contributed by atoms with Crippen LogP contribution in [0.1, 0.15) is 33.1 Å². The average molecular weight is 263 g/mol. The molecular formula is C10H17NO5S. The molecule has 0 saturated heterocycles. The monoisotopic (exact) mass is 263 g/mol. The fourth-order valence-corrected chi connectivity index (χ4v) is 3.72. The first kappa shape index (κ1) is 12.9. The summed E-state index contributed by atoms with van der Waals surface area (Å²) in [6.45, 7) is 3.78. The van der Waals surface area contributed by atoms with E-state index >= 15 is 0 Å². The van der Waals surface area contributed by atoms with Crippen molar-refractivity contribution in [2.24, 2.45) is 16.7 Å². The molecule has 0 radical (unpaired) electrons. The largest absolute Gasteiger partial charge is 0.358 e. The molecule has 2 fully saturated rings. The van der Waals surface area contributed by atoms with Gasteiger partial charge in [-0.25, -0.2) is 0 Å². The van der Waals surface area contributed by atoms with Gasteiger partial charge in [0.05, 0.1) is 12.0 Å². The molecule has 0 aliphatic heterocycles. The van der Waals surface area contributed by atoms with Crippen molar-refractivity contribution in [1.29, 1.82) is 0 Å². The van der Waals surface area contributed by atoms with E-state index in [1.54, 1.807) is 0 Å². The van der Waals surface area contributed by atoms with Crippen molar-refractivity contribution in [2.45, 2.75) is 33.1 Å². The molecule has 2 N–H and O–H groups in total. The van der Waals surface area contributed by atoms with E-state index in [9.17, 15) is 13.2 Å². The van der Waals surface area contributed by atoms with E-state index in [0.717, 1.165) is 11.3 Å². The Labute approximate surface area is 101 Å². The number of Topliss-reactive ketones (excluding diaryl/α,β-unsaturated/α-hetero) is 1. The number of carbonyl (C=O) groups excluding carboxylic acids is 1. The van der Waals surface area contributed by atoms with Crippen LogP contribution in [0.25, 0.3) is 0 Å². The second-order valence-electron chi connectivity index (χ2n) is 5.47. The minimum atomic E-state index is -4.16. The van der Waals surface area contributed by atoms with Crippen LogP contribution in [0.15, 0.2) is 0 Å². The molecule has 0 heterocycles. The van der Waals surface area contributed by atoms with Crippen LogP contribution >= 0.6 is 0 Å². The van der Waals surface area contributed by atoms with Gasteiger partial charge in [-0.05, 0) is 24.2 Å². The molecule has 7 heteroatoms. The van der Waals surface area contributed by atoms with Crippen LogP contribution in [0.2, 0.25) is 0 Å². The summed E-state index contributed by atoms with van der Waals surface area (Å²) in [6.07, 6.45) is 2.09. The highest BCUT2D eigenvalue weighted by Gasteiger charge is 2.64. The summed E-state index contributed by atoms with van der Waals surface area (Å²) in [7, 11) is -4.16. The lowest BCUT2D eigenvalue weighted by Crippen LogP contribution is -2.42. The predicted molar refractivity (Wildman–Crippen MR) is 58.4 cm³/mol. The zero-order valence-electron chi connectivity index (χ0n) is 9.89. The Morgan fingerprint density at radius 2 is 2.18 bits per heavy atom. The molecule has 2 rings (SSSR count). The molecule has 0 aromatic heterocycles. The Morgan fingerprint density at radius 3 is 2.59 bits per heavy atom. The van der Waals surface area contributed by atoms with Gasteiger partial charge in [-0.15, -0.1) is 0 Å². The molecular weight excluding hydrogens is 246 g/mol. The molecule has 2 saturated carbocycles. The molecule has 0 amide bonds. The maximum Gasteiger partial charge on any atom is 0.358 e. The summed E-state index contributed by atoms with van der Waals surface area (Å²) in [6, 6.07) is 0. The lowest BCUT2D eigenvalue weighted by Gasteiger charge is -2.35. The molecule has 98 valence electrons. The van der Waals surface area contributed by atoms with E-state index in [-0.39, 0.29) is 17.8 Å². The van der Waals surface area contributed by atoms with Crippen LogP contribution in [0.3, 0.4) is 0 Å². The lowest BCUT2D eigenvalue weighted by atomic mass is 9.69. The van der Waals surface area contributed by atoms with Crippen molar-refractivity contribution in [3.8, 4) is 0 Å². The van der Waals surface area contributed by atoms with Crippen LogP contribution < -0.4 is 4.89 Å². The van der Waals surface area contributed by atoms with Crippen LogP contribution in [0.4, 0.5) is 0 Å². The number of hydrogen-bond donors (Lipinski definition) is 2. The van der Waals surface area contributed by atoms with E-state index in [1.165, 1.54) is 0 Å². The fourth-order valence-electron chi connectivity index (χ4n) is 3.31. The third kappa shape index (κ3) is 1.72. The van der Waals surface area contributed by atoms with E-state index in [0.29, 0.717) is 18.8 Å². The predicted octanol–water partition coefficient (Wildman–Crippen LogP) is 0.622. The van der Waals surface area contributed by atoms with Crippen molar-refractivity contribution < 1.29 is 22.6 Å². The summed E-state index contributed by atoms with van der Waals surface area (Å²) in [5.41, 5.74) is -0.962. The van der Waals surface area contributed by atoms with Crippen molar-refractivity contribution in [3.63, 3.8) is 0 Å². The third-order valence-corrected chi connectivity index (χ3v) is 5.36. The molecule has 2 bridgehead atoms. The van der Waals surface area contributed by atoms with Crippen LogP contribution in [-0.4, -0.2) is 26.0 Å². The summed E-state index contributed by atoms with van der Waals surface area (Å²) >= 11 is 0. The molecule has 2 atom stereocenters. The standard InChI is InChI=1S/C10H17NO5S/c1-9(2)7-3-4-10(9,8(12)5-7)6-16-17(14,15)11-13/h7,11,13H,3-6H2,1-2H3. The quantitative estimate of drug-likeness (QED) is 0.725. The van der Waals surface area contributed by atoms with Gasteiger partial charge in [0.15, 0.2) is 0 Å². The second-order valence-corrected chi connectivity index (χ2v) is 6.80. The van der Waals surface area contributed by atoms with Crippen LogP contribution in [0.5, 0.6) is 0 Å². The topological polar surface area (TPSA) is 92.7 Å². The van der Waals surface area contributed by atoms with Crippen molar-refractivity contribution in [1.82, 2.24) is 4.89 Å². The minimum absolute atomic E-state index is 0.0758. The normalized spacial score (nSPS) is 35.5. The number of hydrogen-bond acceptors (Lipinski definition) is 5. The van der Waals surface area contributed by atoms with Gasteiger partial charge in [0, 0.05) is 6.42 Å². The van der Waals surface area contributed by atoms with Crippen molar-refractivity contribution in [2.75, 3.05) is 6.61 Å². The minimum Gasteiger partial charge on any atom is -0.300 e. The second kappa shape index (κ2) is 3.74. The summed E-state index contributed by atoms with van der Waals surface area (Å²) in [5.74, 6) is 0.385. The smallest absolute Gasteiger partial charge is 0.300 e. The Hall–Kier alpha value is -0.500. The third-order valence-electron chi connectivity index (χ3n) is 4.71. The number of rotatable bonds is 4. The number of nitrogens with one attached hydrogen (secondary N) is 1. The van der Waals surface area contributed by atoms with Gasteiger partial charge in [0.25, 0.3) is 0 Å². The first-order valence-electron chi connectivity index (χ1n) is 5.59. The maximum atomic E-state index is 12.0. The van der Waals surface area contributed by atoms with Gasteiger partial charge in [-0.1, -0.05) is 18.7 Å². The molecule has 2 aliphatic carbocycles. The molecule has 2 aliphatic rings. The highest BCUT2D eigenvalue weighted by Crippen LogP contribution is 2.63. The van der Waals surface area contributed by atoms with E-state index in [2.05, 4.69) is 4.18 Å². The Bertz CT molecular complexity index is 444. The SMILES string of the molecule is CC1(C)C2CCC1(COS(=O)(=O)NO)C(=O)C2. The van der Waals surface area contributed by atoms with Crippen LogP contribution in [-0.2, 0) is 19.3 Å². The zero-order chi connectivity index (χ0) is 12.9. The first-order chi connectivity index (χ1) is 7.75. The summed E-state index contributed by atoms with van der Waals surface area (Å²) in [5, 5.41) is 8.38. The average Bonchev–Trinajstić information content (AvgIpc) is 2.60. The molecule has 2 unspecified atom stereocenters. The number of fused-ring (bicyclic) bond motifs is 2. The van der Waals surface area contributed by atoms with Crippen molar-refractivity contribution in [3.05, 3.63) is 0 Å². The highest BCUT2D eigenvalue weighted by atomic mass is 32.2. The highest BCUT2D eigenvalue weighted by molar-refractivity contribution is 7.84. The summed E-state index contributed by atoms with van der Waals surface area (Å²) < 4.78 is 26.8. The van der Waals surface area contributed by atoms with Gasteiger partial charge in [0.1, 0.15) is 5.78 Å². The first-order valence-corrected chi connectivity index (χ1v) is 6.99. The maximum absolute atomic E-state index is 12.0. The van der Waals surface area contributed by atoms with Gasteiger partial charge < -0.3 is 5.21 Å². The van der Waals surface area contributed by atoms with Gasteiger partial charge in [0.2, 0.25) is 0 Å². The Balaban J connectivity index is 2.21. The van der Waals surface area contributed by atoms with Gasteiger partial charge >= 0.3 is 10.3 Å². The molecule has 17 heavy (non-hydrogen) atoms. The Morgan fingerprint density at radius 1 is 1.53 bits per heavy atom. The zero-order valence-corrected chi connectivity index (χ0v) is 10.7. The fraction of sp³-hybridized carbons (Fsp3) is 0.900. The van der Waals surface area contributed by atoms with Gasteiger partial charge in [-0.3, -0.25) is 8.98 Å². The molecule has 0 spiro atoms. The van der Waals surface area contributed by atoms with E-state index in [4.69, 9.17) is 5.21 Å². The summed E-state index contributed by atoms with van der Waals surface area (Å²) in [4.78, 5) is 13.1. The number of carbonyl (C=O) groups is 1. The van der Waals surface area contributed by atoms with Crippen LogP contribution in [0, 0.1) is 16.7 Å². The van der Waals surface area contributed by atoms with E-state index in [1.807, 2.05) is 13.8 Å². The van der Waals surface area contributed by atoms with Gasteiger partial charge in [-0.2, -0.15) is 8.42 Å².